The van der Waals surface area contributed by atoms with Crippen molar-refractivity contribution in [1.29, 1.82) is 0 Å². The first kappa shape index (κ1) is 17.7. The number of alkyl halides is 3. The molecule has 1 atom stereocenters. The minimum Gasteiger partial charge on any atom is -0.486 e. The molecule has 1 aliphatic heterocycles. The van der Waals surface area contributed by atoms with Gasteiger partial charge in [-0.1, -0.05) is 18.2 Å². The van der Waals surface area contributed by atoms with E-state index in [4.69, 9.17) is 4.74 Å². The van der Waals surface area contributed by atoms with E-state index in [-0.39, 0.29) is 18.3 Å². The van der Waals surface area contributed by atoms with Crippen molar-refractivity contribution in [2.75, 3.05) is 13.1 Å². The van der Waals surface area contributed by atoms with E-state index in [1.54, 1.807) is 12.1 Å². The fraction of sp³-hybridized carbons (Fsp3) is 0.529. The van der Waals surface area contributed by atoms with Crippen molar-refractivity contribution in [3.05, 3.63) is 42.0 Å². The quantitative estimate of drug-likeness (QED) is 0.895. The number of aromatic nitrogens is 3. The predicted molar refractivity (Wildman–Crippen MR) is 86.3 cm³/mol. The maximum Gasteiger partial charge on any atom is 0.408 e. The lowest BCUT2D eigenvalue weighted by Crippen LogP contribution is -2.22. The molecule has 1 saturated heterocycles. The molecule has 1 aromatic heterocycles. The molecule has 1 fully saturated rings. The SMILES string of the molecule is FC(F)(F)Cn1nc(COc2ccccc2)nc1[C@H]1CCCNCC1. The molecule has 0 saturated carbocycles. The second kappa shape index (κ2) is 7.86. The van der Waals surface area contributed by atoms with Gasteiger partial charge in [-0.25, -0.2) is 9.67 Å². The van der Waals surface area contributed by atoms with Crippen LogP contribution in [0.25, 0.3) is 0 Å². The van der Waals surface area contributed by atoms with Crippen LogP contribution in [0.2, 0.25) is 0 Å². The number of hydrogen-bond acceptors (Lipinski definition) is 4. The van der Waals surface area contributed by atoms with E-state index in [9.17, 15) is 13.2 Å². The monoisotopic (exact) mass is 354 g/mol. The fourth-order valence-corrected chi connectivity index (χ4v) is 2.99. The number of rotatable bonds is 5. The summed E-state index contributed by atoms with van der Waals surface area (Å²) in [7, 11) is 0. The first-order valence-corrected chi connectivity index (χ1v) is 8.40. The van der Waals surface area contributed by atoms with Crippen LogP contribution in [-0.2, 0) is 13.2 Å². The highest BCUT2D eigenvalue weighted by Gasteiger charge is 2.32. The Bertz CT molecular complexity index is 664. The Labute approximate surface area is 144 Å². The van der Waals surface area contributed by atoms with E-state index in [1.165, 1.54) is 0 Å². The minimum absolute atomic E-state index is 0.0182. The van der Waals surface area contributed by atoms with Crippen LogP contribution in [0.4, 0.5) is 13.2 Å². The molecule has 1 N–H and O–H groups in total. The Balaban J connectivity index is 1.78. The lowest BCUT2D eigenvalue weighted by Gasteiger charge is -2.15. The molecular formula is C17H21F3N4O. The van der Waals surface area contributed by atoms with Gasteiger partial charge in [-0.3, -0.25) is 0 Å². The maximum atomic E-state index is 12.9. The lowest BCUT2D eigenvalue weighted by molar-refractivity contribution is -0.143. The van der Waals surface area contributed by atoms with Gasteiger partial charge in [0.2, 0.25) is 0 Å². The van der Waals surface area contributed by atoms with Crippen LogP contribution in [0.3, 0.4) is 0 Å². The summed E-state index contributed by atoms with van der Waals surface area (Å²) in [5.74, 6) is 1.30. The Kier molecular flexibility index (Phi) is 5.57. The van der Waals surface area contributed by atoms with Crippen molar-refractivity contribution in [1.82, 2.24) is 20.1 Å². The Morgan fingerprint density at radius 1 is 1.16 bits per heavy atom. The summed E-state index contributed by atoms with van der Waals surface area (Å²) < 4.78 is 45.3. The highest BCUT2D eigenvalue weighted by Crippen LogP contribution is 2.27. The van der Waals surface area contributed by atoms with Crippen LogP contribution in [0.5, 0.6) is 5.75 Å². The molecule has 0 amide bonds. The van der Waals surface area contributed by atoms with Gasteiger partial charge < -0.3 is 10.1 Å². The summed E-state index contributed by atoms with van der Waals surface area (Å²) in [5.41, 5.74) is 0. The van der Waals surface area contributed by atoms with E-state index in [0.717, 1.165) is 37.0 Å². The van der Waals surface area contributed by atoms with Gasteiger partial charge in [0, 0.05) is 5.92 Å². The molecule has 0 unspecified atom stereocenters. The predicted octanol–water partition coefficient (Wildman–Crippen LogP) is 3.28. The van der Waals surface area contributed by atoms with Gasteiger partial charge >= 0.3 is 6.18 Å². The summed E-state index contributed by atoms with van der Waals surface area (Å²) in [6.45, 7) is 0.588. The number of hydrogen-bond donors (Lipinski definition) is 1. The lowest BCUT2D eigenvalue weighted by atomic mass is 10.00. The van der Waals surface area contributed by atoms with E-state index in [1.807, 2.05) is 18.2 Å². The van der Waals surface area contributed by atoms with Crippen LogP contribution in [0, 0.1) is 0 Å². The van der Waals surface area contributed by atoms with Gasteiger partial charge in [-0.05, 0) is 44.5 Å². The van der Waals surface area contributed by atoms with Crippen molar-refractivity contribution in [3.8, 4) is 5.75 Å². The highest BCUT2D eigenvalue weighted by atomic mass is 19.4. The average molecular weight is 354 g/mol. The van der Waals surface area contributed by atoms with Gasteiger partial charge in [0.1, 0.15) is 24.7 Å². The molecule has 25 heavy (non-hydrogen) atoms. The van der Waals surface area contributed by atoms with E-state index < -0.39 is 12.7 Å². The molecule has 0 bridgehead atoms. The third kappa shape index (κ3) is 5.19. The molecular weight excluding hydrogens is 333 g/mol. The molecule has 2 aromatic rings. The molecule has 1 aliphatic rings. The van der Waals surface area contributed by atoms with Gasteiger partial charge in [0.15, 0.2) is 5.82 Å². The number of nitrogens with zero attached hydrogens (tertiary/aromatic N) is 3. The topological polar surface area (TPSA) is 52.0 Å². The van der Waals surface area contributed by atoms with Crippen LogP contribution in [-0.4, -0.2) is 34.0 Å². The van der Waals surface area contributed by atoms with Crippen molar-refractivity contribution in [3.63, 3.8) is 0 Å². The van der Waals surface area contributed by atoms with Crippen molar-refractivity contribution >= 4 is 0 Å². The fourth-order valence-electron chi connectivity index (χ4n) is 2.99. The van der Waals surface area contributed by atoms with Crippen LogP contribution >= 0.6 is 0 Å². The first-order valence-electron chi connectivity index (χ1n) is 8.40. The summed E-state index contributed by atoms with van der Waals surface area (Å²) in [5, 5.41) is 7.32. The molecule has 3 rings (SSSR count). The molecule has 1 aromatic carbocycles. The largest absolute Gasteiger partial charge is 0.486 e. The summed E-state index contributed by atoms with van der Waals surface area (Å²) >= 11 is 0. The van der Waals surface area contributed by atoms with Gasteiger partial charge in [0.25, 0.3) is 0 Å². The summed E-state index contributed by atoms with van der Waals surface area (Å²) in [4.78, 5) is 4.37. The standard InChI is InChI=1S/C17H21F3N4O/c18-17(19,20)12-24-16(13-5-4-9-21-10-8-13)22-15(23-24)11-25-14-6-2-1-3-7-14/h1-3,6-7,13,21H,4-5,8-12H2/t13-/m0/s1. The van der Waals surface area contributed by atoms with Gasteiger partial charge in [0.05, 0.1) is 0 Å². The molecule has 0 aliphatic carbocycles. The Hall–Kier alpha value is -2.09. The normalized spacial score (nSPS) is 18.8. The smallest absolute Gasteiger partial charge is 0.408 e. The van der Waals surface area contributed by atoms with Crippen molar-refractivity contribution < 1.29 is 17.9 Å². The molecule has 0 radical (unpaired) electrons. The van der Waals surface area contributed by atoms with Crippen LogP contribution in [0.15, 0.2) is 30.3 Å². The Morgan fingerprint density at radius 3 is 2.72 bits per heavy atom. The average Bonchev–Trinajstić information content (AvgIpc) is 2.79. The van der Waals surface area contributed by atoms with Crippen molar-refractivity contribution in [2.45, 2.75) is 44.5 Å². The first-order chi connectivity index (χ1) is 12.0. The second-order valence-corrected chi connectivity index (χ2v) is 6.14. The molecule has 0 spiro atoms. The van der Waals surface area contributed by atoms with E-state index in [2.05, 4.69) is 15.4 Å². The highest BCUT2D eigenvalue weighted by molar-refractivity contribution is 5.21. The summed E-state index contributed by atoms with van der Waals surface area (Å²) in [6, 6.07) is 9.08. The zero-order valence-electron chi connectivity index (χ0n) is 13.8. The minimum atomic E-state index is -4.33. The van der Waals surface area contributed by atoms with Crippen molar-refractivity contribution in [2.24, 2.45) is 0 Å². The number of benzene rings is 1. The number of nitrogens with one attached hydrogen (secondary N) is 1. The third-order valence-electron chi connectivity index (χ3n) is 4.13. The third-order valence-corrected chi connectivity index (χ3v) is 4.13. The second-order valence-electron chi connectivity index (χ2n) is 6.14. The van der Waals surface area contributed by atoms with Crippen LogP contribution in [0.1, 0.15) is 36.8 Å². The summed E-state index contributed by atoms with van der Waals surface area (Å²) in [6.07, 6.45) is -1.85. The van der Waals surface area contributed by atoms with E-state index in [0.29, 0.717) is 11.6 Å². The number of halogens is 3. The molecule has 136 valence electrons. The molecule has 8 heteroatoms. The zero-order valence-corrected chi connectivity index (χ0v) is 13.8. The van der Waals surface area contributed by atoms with E-state index >= 15 is 0 Å². The molecule has 5 nitrogen and oxygen atoms in total. The Morgan fingerprint density at radius 2 is 1.96 bits per heavy atom. The van der Waals surface area contributed by atoms with Crippen LogP contribution < -0.4 is 10.1 Å². The number of ether oxygens (including phenoxy) is 1. The molecule has 2 heterocycles. The zero-order chi connectivity index (χ0) is 17.7. The number of para-hydroxylation sites is 1. The maximum absolute atomic E-state index is 12.9. The van der Waals surface area contributed by atoms with Gasteiger partial charge in [-0.15, -0.1) is 0 Å². The van der Waals surface area contributed by atoms with Gasteiger partial charge in [-0.2, -0.15) is 18.3 Å².